The molecule has 0 aliphatic carbocycles. The number of benzene rings is 1. The first kappa shape index (κ1) is 23.8. The summed E-state index contributed by atoms with van der Waals surface area (Å²) in [4.78, 5) is 24.7. The van der Waals surface area contributed by atoms with Crippen molar-refractivity contribution in [2.24, 2.45) is 0 Å². The van der Waals surface area contributed by atoms with E-state index < -0.39 is 17.0 Å². The number of anilines is 1. The van der Waals surface area contributed by atoms with Gasteiger partial charge in [-0.3, -0.25) is 14.9 Å². The highest BCUT2D eigenvalue weighted by atomic mass is 32.2. The summed E-state index contributed by atoms with van der Waals surface area (Å²) in [5.74, 6) is -0.563. The predicted molar refractivity (Wildman–Crippen MR) is 121 cm³/mol. The van der Waals surface area contributed by atoms with Gasteiger partial charge < -0.3 is 9.88 Å². The third-order valence-corrected chi connectivity index (χ3v) is 6.58. The van der Waals surface area contributed by atoms with E-state index in [0.717, 1.165) is 11.4 Å². The molecule has 0 aliphatic rings. The molecule has 0 fully saturated rings. The van der Waals surface area contributed by atoms with Crippen LogP contribution in [0, 0.1) is 5.82 Å². The van der Waals surface area contributed by atoms with Gasteiger partial charge >= 0.3 is 0 Å². The fraction of sp³-hybridized carbons (Fsp3) is 0.400. The Kier molecular flexibility index (Phi) is 8.28. The number of hydrogen-bond acceptors (Lipinski definition) is 8. The van der Waals surface area contributed by atoms with Crippen LogP contribution in [-0.4, -0.2) is 48.6 Å². The van der Waals surface area contributed by atoms with Crippen molar-refractivity contribution < 1.29 is 14.0 Å². The van der Waals surface area contributed by atoms with Gasteiger partial charge in [0.2, 0.25) is 11.0 Å². The highest BCUT2D eigenvalue weighted by Gasteiger charge is 2.21. The Labute approximate surface area is 193 Å². The van der Waals surface area contributed by atoms with E-state index in [1.165, 1.54) is 41.3 Å². The predicted octanol–water partition coefficient (Wildman–Crippen LogP) is 2.94. The molecule has 2 aromatic heterocycles. The van der Waals surface area contributed by atoms with E-state index in [0.29, 0.717) is 29.1 Å². The Balaban J connectivity index is 1.56. The molecule has 9 nitrogen and oxygen atoms in total. The SMILES string of the molecule is CCc1nnc(NC(=O)[C@@H](C)Sc2nnc(CCNC(=O)c3ccccc3F)n2CC)s1. The van der Waals surface area contributed by atoms with Gasteiger partial charge in [0.15, 0.2) is 5.16 Å². The molecule has 2 heterocycles. The molecule has 32 heavy (non-hydrogen) atoms. The zero-order valence-electron chi connectivity index (χ0n) is 18.0. The average molecular weight is 478 g/mol. The molecule has 1 atom stereocenters. The molecule has 0 spiro atoms. The van der Waals surface area contributed by atoms with Crippen molar-refractivity contribution >= 4 is 40.0 Å². The maximum absolute atomic E-state index is 13.7. The Bertz CT molecular complexity index is 1090. The van der Waals surface area contributed by atoms with Crippen molar-refractivity contribution in [3.8, 4) is 0 Å². The smallest absolute Gasteiger partial charge is 0.254 e. The van der Waals surface area contributed by atoms with Crippen LogP contribution < -0.4 is 10.6 Å². The highest BCUT2D eigenvalue weighted by Crippen LogP contribution is 2.24. The van der Waals surface area contributed by atoms with Gasteiger partial charge in [0.05, 0.1) is 10.8 Å². The van der Waals surface area contributed by atoms with Crippen molar-refractivity contribution in [2.45, 2.75) is 50.6 Å². The number of nitrogens with zero attached hydrogens (tertiary/aromatic N) is 5. The lowest BCUT2D eigenvalue weighted by Gasteiger charge is -2.12. The van der Waals surface area contributed by atoms with Gasteiger partial charge in [0.1, 0.15) is 16.6 Å². The zero-order chi connectivity index (χ0) is 23.1. The molecule has 3 rings (SSSR count). The van der Waals surface area contributed by atoms with Gasteiger partial charge in [0, 0.05) is 19.5 Å². The average Bonchev–Trinajstić information content (AvgIpc) is 3.40. The molecule has 1 aromatic carbocycles. The molecule has 0 saturated heterocycles. The summed E-state index contributed by atoms with van der Waals surface area (Å²) in [5.41, 5.74) is 0.00188. The normalized spacial score (nSPS) is 11.9. The second-order valence-corrected chi connectivity index (χ2v) is 9.10. The Morgan fingerprint density at radius 3 is 2.66 bits per heavy atom. The van der Waals surface area contributed by atoms with Gasteiger partial charge in [-0.2, -0.15) is 0 Å². The third kappa shape index (κ3) is 5.88. The number of thioether (sulfide) groups is 1. The van der Waals surface area contributed by atoms with Gasteiger partial charge in [-0.25, -0.2) is 4.39 Å². The van der Waals surface area contributed by atoms with Crippen molar-refractivity contribution in [3.63, 3.8) is 0 Å². The maximum atomic E-state index is 13.7. The number of halogens is 1. The van der Waals surface area contributed by atoms with Crippen LogP contribution in [0.2, 0.25) is 0 Å². The van der Waals surface area contributed by atoms with Crippen LogP contribution in [0.25, 0.3) is 0 Å². The third-order valence-electron chi connectivity index (χ3n) is 4.51. The number of carbonyl (C=O) groups is 2. The summed E-state index contributed by atoms with van der Waals surface area (Å²) in [6.07, 6.45) is 1.19. The summed E-state index contributed by atoms with van der Waals surface area (Å²) in [5, 5.41) is 23.4. The lowest BCUT2D eigenvalue weighted by Crippen LogP contribution is -2.27. The van der Waals surface area contributed by atoms with E-state index in [2.05, 4.69) is 31.0 Å². The number of rotatable bonds is 10. The lowest BCUT2D eigenvalue weighted by molar-refractivity contribution is -0.115. The van der Waals surface area contributed by atoms with Crippen LogP contribution >= 0.6 is 23.1 Å². The van der Waals surface area contributed by atoms with E-state index in [1.807, 2.05) is 18.4 Å². The quantitative estimate of drug-likeness (QED) is 0.432. The first-order valence-corrected chi connectivity index (χ1v) is 11.9. The molecule has 2 N–H and O–H groups in total. The van der Waals surface area contributed by atoms with Crippen LogP contribution in [-0.2, 0) is 24.2 Å². The molecule has 0 unspecified atom stereocenters. The van der Waals surface area contributed by atoms with Crippen molar-refractivity contribution in [1.29, 1.82) is 0 Å². The molecule has 0 saturated carbocycles. The summed E-state index contributed by atoms with van der Waals surface area (Å²) >= 11 is 2.64. The molecule has 2 amide bonds. The second-order valence-electron chi connectivity index (χ2n) is 6.73. The molecule has 0 bridgehead atoms. The molecular formula is C20H24FN7O2S2. The number of carbonyl (C=O) groups excluding carboxylic acids is 2. The first-order chi connectivity index (χ1) is 15.4. The maximum Gasteiger partial charge on any atom is 0.254 e. The van der Waals surface area contributed by atoms with Crippen LogP contribution in [0.15, 0.2) is 29.4 Å². The van der Waals surface area contributed by atoms with Crippen molar-refractivity contribution in [2.75, 3.05) is 11.9 Å². The van der Waals surface area contributed by atoms with Gasteiger partial charge in [0.25, 0.3) is 5.91 Å². The zero-order valence-corrected chi connectivity index (χ0v) is 19.6. The van der Waals surface area contributed by atoms with Crippen LogP contribution in [0.5, 0.6) is 0 Å². The second kappa shape index (κ2) is 11.1. The van der Waals surface area contributed by atoms with Crippen molar-refractivity contribution in [1.82, 2.24) is 30.3 Å². The lowest BCUT2D eigenvalue weighted by atomic mass is 10.2. The standard InChI is InChI=1S/C20H24FN7O2S2/c1-4-16-25-26-19(32-16)23-17(29)12(3)31-20-27-24-15(28(20)5-2)10-11-22-18(30)13-8-6-7-9-14(13)21/h6-9,12H,4-5,10-11H2,1-3H3,(H,22,30)(H,23,26,29)/t12-/m1/s1. The number of amides is 2. The highest BCUT2D eigenvalue weighted by molar-refractivity contribution is 8.00. The molecule has 170 valence electrons. The summed E-state index contributed by atoms with van der Waals surface area (Å²) < 4.78 is 15.6. The van der Waals surface area contributed by atoms with Crippen molar-refractivity contribution in [3.05, 3.63) is 46.5 Å². The van der Waals surface area contributed by atoms with Gasteiger partial charge in [-0.15, -0.1) is 20.4 Å². The van der Waals surface area contributed by atoms with E-state index in [1.54, 1.807) is 13.0 Å². The van der Waals surface area contributed by atoms with E-state index in [9.17, 15) is 14.0 Å². The largest absolute Gasteiger partial charge is 0.351 e. The van der Waals surface area contributed by atoms with Crippen LogP contribution in [0.3, 0.4) is 0 Å². The van der Waals surface area contributed by atoms with Crippen LogP contribution in [0.1, 0.15) is 42.0 Å². The van der Waals surface area contributed by atoms with Crippen LogP contribution in [0.4, 0.5) is 9.52 Å². The van der Waals surface area contributed by atoms with E-state index in [4.69, 9.17) is 0 Å². The summed E-state index contributed by atoms with van der Waals surface area (Å²) in [7, 11) is 0. The summed E-state index contributed by atoms with van der Waals surface area (Å²) in [6.45, 7) is 6.60. The van der Waals surface area contributed by atoms with Gasteiger partial charge in [-0.05, 0) is 32.4 Å². The number of aromatic nitrogens is 5. The molecule has 3 aromatic rings. The Hall–Kier alpha value is -2.86. The topological polar surface area (TPSA) is 115 Å². The fourth-order valence-electron chi connectivity index (χ4n) is 2.80. The molecule has 0 aliphatic heterocycles. The summed E-state index contributed by atoms with van der Waals surface area (Å²) in [6, 6.07) is 5.83. The van der Waals surface area contributed by atoms with Gasteiger partial charge in [-0.1, -0.05) is 42.2 Å². The van der Waals surface area contributed by atoms with E-state index in [-0.39, 0.29) is 18.0 Å². The fourth-order valence-corrected chi connectivity index (χ4v) is 4.42. The molecular weight excluding hydrogens is 453 g/mol. The Morgan fingerprint density at radius 2 is 1.97 bits per heavy atom. The first-order valence-electron chi connectivity index (χ1n) is 10.2. The number of aryl methyl sites for hydroxylation is 1. The number of hydrogen-bond donors (Lipinski definition) is 2. The minimum atomic E-state index is -0.563. The minimum absolute atomic E-state index is 0.00188. The monoisotopic (exact) mass is 477 g/mol. The van der Waals surface area contributed by atoms with E-state index >= 15 is 0 Å². The Morgan fingerprint density at radius 1 is 1.19 bits per heavy atom. The minimum Gasteiger partial charge on any atom is -0.351 e. The molecule has 0 radical (unpaired) electrons. The molecule has 12 heteroatoms. The number of nitrogens with one attached hydrogen (secondary N) is 2.